The van der Waals surface area contributed by atoms with Crippen LogP contribution in [-0.2, 0) is 4.74 Å². The van der Waals surface area contributed by atoms with Gasteiger partial charge in [0, 0.05) is 17.1 Å². The largest absolute Gasteiger partial charge is 0.449 e. The van der Waals surface area contributed by atoms with Crippen molar-refractivity contribution in [3.8, 4) is 0 Å². The van der Waals surface area contributed by atoms with Crippen molar-refractivity contribution in [1.82, 2.24) is 0 Å². The Bertz CT molecular complexity index is 389. The maximum atomic E-state index is 11.3. The molecule has 0 heterocycles. The summed E-state index contributed by atoms with van der Waals surface area (Å²) in [5.41, 5.74) is 1.19. The Balaban J connectivity index is 2.46. The van der Waals surface area contributed by atoms with Crippen LogP contribution >= 0.6 is 11.6 Å². The zero-order chi connectivity index (χ0) is 12.7. The first-order valence-electron chi connectivity index (χ1n) is 5.24. The number of amides is 1. The lowest BCUT2D eigenvalue weighted by atomic mass is 10.1. The molecular formula is C12H14ClNO3. The number of alkyl halides is 1. The first-order chi connectivity index (χ1) is 8.13. The third-order valence-corrected chi connectivity index (χ3v) is 2.32. The quantitative estimate of drug-likeness (QED) is 0.500. The molecule has 0 saturated carbocycles. The molecule has 0 saturated heterocycles. The van der Waals surface area contributed by atoms with E-state index in [1.165, 1.54) is 6.92 Å². The zero-order valence-electron chi connectivity index (χ0n) is 9.53. The average molecular weight is 256 g/mol. The molecule has 0 aliphatic carbocycles. The number of hydrogen-bond donors (Lipinski definition) is 1. The minimum Gasteiger partial charge on any atom is -0.449 e. The van der Waals surface area contributed by atoms with Crippen LogP contribution < -0.4 is 5.32 Å². The lowest BCUT2D eigenvalue weighted by molar-refractivity contribution is 0.101. The second kappa shape index (κ2) is 6.91. The van der Waals surface area contributed by atoms with E-state index in [0.29, 0.717) is 30.2 Å². The van der Waals surface area contributed by atoms with Gasteiger partial charge < -0.3 is 4.74 Å². The topological polar surface area (TPSA) is 55.4 Å². The zero-order valence-corrected chi connectivity index (χ0v) is 10.3. The van der Waals surface area contributed by atoms with Crippen molar-refractivity contribution in [1.29, 1.82) is 0 Å². The molecular weight excluding hydrogens is 242 g/mol. The van der Waals surface area contributed by atoms with Gasteiger partial charge in [-0.2, -0.15) is 0 Å². The Morgan fingerprint density at radius 2 is 1.94 bits per heavy atom. The number of carbonyl (C=O) groups excluding carboxylic acids is 2. The molecule has 1 aromatic carbocycles. The van der Waals surface area contributed by atoms with Crippen molar-refractivity contribution in [3.63, 3.8) is 0 Å². The highest BCUT2D eigenvalue weighted by Gasteiger charge is 2.03. The highest BCUT2D eigenvalue weighted by atomic mass is 35.5. The Hall–Kier alpha value is -1.55. The lowest BCUT2D eigenvalue weighted by Crippen LogP contribution is -2.14. The summed E-state index contributed by atoms with van der Waals surface area (Å²) in [6, 6.07) is 6.60. The molecule has 0 aliphatic rings. The van der Waals surface area contributed by atoms with Gasteiger partial charge in [0.1, 0.15) is 0 Å². The maximum Gasteiger partial charge on any atom is 0.411 e. The molecule has 1 N–H and O–H groups in total. The molecule has 0 aromatic heterocycles. The van der Waals surface area contributed by atoms with Crippen molar-refractivity contribution in [2.24, 2.45) is 0 Å². The number of ketones is 1. The number of benzene rings is 1. The van der Waals surface area contributed by atoms with Crippen molar-refractivity contribution in [2.45, 2.75) is 13.3 Å². The fraction of sp³-hybridized carbons (Fsp3) is 0.333. The molecule has 5 heteroatoms. The summed E-state index contributed by atoms with van der Waals surface area (Å²) in [5, 5.41) is 2.55. The van der Waals surface area contributed by atoms with Gasteiger partial charge in [-0.3, -0.25) is 10.1 Å². The molecule has 0 fully saturated rings. The van der Waals surface area contributed by atoms with Crippen LogP contribution in [0.15, 0.2) is 24.3 Å². The Kier molecular flexibility index (Phi) is 5.49. The molecule has 1 aromatic rings. The van der Waals surface area contributed by atoms with Crippen molar-refractivity contribution >= 4 is 29.2 Å². The highest BCUT2D eigenvalue weighted by Crippen LogP contribution is 2.10. The van der Waals surface area contributed by atoms with E-state index in [1.807, 2.05) is 0 Å². The van der Waals surface area contributed by atoms with Gasteiger partial charge in [0.2, 0.25) is 0 Å². The molecule has 92 valence electrons. The summed E-state index contributed by atoms with van der Waals surface area (Å²) in [5.74, 6) is 0.446. The van der Waals surface area contributed by atoms with E-state index >= 15 is 0 Å². The van der Waals surface area contributed by atoms with E-state index in [0.717, 1.165) is 0 Å². The van der Waals surface area contributed by atoms with Gasteiger partial charge in [-0.05, 0) is 37.6 Å². The number of nitrogens with one attached hydrogen (secondary N) is 1. The van der Waals surface area contributed by atoms with E-state index in [4.69, 9.17) is 16.3 Å². The molecule has 17 heavy (non-hydrogen) atoms. The maximum absolute atomic E-state index is 11.3. The van der Waals surface area contributed by atoms with Crippen LogP contribution in [0.1, 0.15) is 23.7 Å². The summed E-state index contributed by atoms with van der Waals surface area (Å²) >= 11 is 5.45. The predicted octanol–water partition coefficient (Wildman–Crippen LogP) is 3.07. The van der Waals surface area contributed by atoms with E-state index in [2.05, 4.69) is 5.32 Å². The number of carbonyl (C=O) groups is 2. The fourth-order valence-electron chi connectivity index (χ4n) is 1.16. The Labute approximate surface area is 105 Å². The van der Waals surface area contributed by atoms with Crippen molar-refractivity contribution in [2.75, 3.05) is 17.8 Å². The molecule has 0 unspecified atom stereocenters. The molecule has 1 rings (SSSR count). The number of anilines is 1. The first-order valence-corrected chi connectivity index (χ1v) is 5.77. The minimum atomic E-state index is -0.523. The molecule has 0 aliphatic heterocycles. The Morgan fingerprint density at radius 1 is 1.29 bits per heavy atom. The molecule has 1 amide bonds. The van der Waals surface area contributed by atoms with E-state index in [-0.39, 0.29) is 5.78 Å². The highest BCUT2D eigenvalue weighted by molar-refractivity contribution is 6.17. The van der Waals surface area contributed by atoms with Gasteiger partial charge in [0.15, 0.2) is 5.78 Å². The van der Waals surface area contributed by atoms with Gasteiger partial charge >= 0.3 is 6.09 Å². The van der Waals surface area contributed by atoms with E-state index in [9.17, 15) is 9.59 Å². The van der Waals surface area contributed by atoms with Gasteiger partial charge in [0.25, 0.3) is 0 Å². The van der Waals surface area contributed by atoms with Crippen LogP contribution in [0.5, 0.6) is 0 Å². The van der Waals surface area contributed by atoms with Gasteiger partial charge in [-0.25, -0.2) is 4.79 Å². The van der Waals surface area contributed by atoms with Crippen LogP contribution in [0, 0.1) is 0 Å². The van der Waals surface area contributed by atoms with Crippen molar-refractivity contribution in [3.05, 3.63) is 29.8 Å². The molecule has 0 atom stereocenters. The fourth-order valence-corrected chi connectivity index (χ4v) is 1.27. The smallest absolute Gasteiger partial charge is 0.411 e. The lowest BCUT2D eigenvalue weighted by Gasteiger charge is -2.06. The summed E-state index contributed by atoms with van der Waals surface area (Å²) < 4.78 is 4.86. The van der Waals surface area contributed by atoms with Crippen molar-refractivity contribution < 1.29 is 14.3 Å². The number of rotatable bonds is 5. The second-order valence-corrected chi connectivity index (χ2v) is 3.81. The summed E-state index contributed by atoms with van der Waals surface area (Å²) in [6.45, 7) is 1.78. The normalized spacial score (nSPS) is 9.76. The second-order valence-electron chi connectivity index (χ2n) is 3.44. The number of Topliss-reactive ketones (excluding diaryl/α,β-unsaturated/α-hetero) is 1. The monoisotopic (exact) mass is 255 g/mol. The number of hydrogen-bond acceptors (Lipinski definition) is 3. The first kappa shape index (κ1) is 13.5. The minimum absolute atomic E-state index is 0.0127. The SMILES string of the molecule is CC(=O)c1ccc(NC(=O)OCCCCl)cc1. The average Bonchev–Trinajstić information content (AvgIpc) is 2.30. The van der Waals surface area contributed by atoms with E-state index in [1.54, 1.807) is 24.3 Å². The summed E-state index contributed by atoms with van der Waals surface area (Å²) in [7, 11) is 0. The third kappa shape index (κ3) is 4.87. The number of halogens is 1. The molecule has 4 nitrogen and oxygen atoms in total. The van der Waals surface area contributed by atoms with Gasteiger partial charge in [-0.1, -0.05) is 0 Å². The molecule has 0 spiro atoms. The van der Waals surface area contributed by atoms with Crippen LogP contribution in [-0.4, -0.2) is 24.4 Å². The van der Waals surface area contributed by atoms with Crippen LogP contribution in [0.25, 0.3) is 0 Å². The summed E-state index contributed by atoms with van der Waals surface area (Å²) in [4.78, 5) is 22.3. The summed E-state index contributed by atoms with van der Waals surface area (Å²) in [6.07, 6.45) is 0.101. The third-order valence-electron chi connectivity index (χ3n) is 2.05. The van der Waals surface area contributed by atoms with E-state index < -0.39 is 6.09 Å². The predicted molar refractivity (Wildman–Crippen MR) is 66.8 cm³/mol. The van der Waals surface area contributed by atoms with Crippen LogP contribution in [0.2, 0.25) is 0 Å². The van der Waals surface area contributed by atoms with Crippen LogP contribution in [0.3, 0.4) is 0 Å². The Morgan fingerprint density at radius 3 is 2.47 bits per heavy atom. The standard InChI is InChI=1S/C12H14ClNO3/c1-9(15)10-3-5-11(6-4-10)14-12(16)17-8-2-7-13/h3-6H,2,7-8H2,1H3,(H,14,16). The molecule has 0 bridgehead atoms. The van der Waals surface area contributed by atoms with Gasteiger partial charge in [-0.15, -0.1) is 11.6 Å². The number of ether oxygens (including phenoxy) is 1. The van der Waals surface area contributed by atoms with Crippen LogP contribution in [0.4, 0.5) is 10.5 Å². The van der Waals surface area contributed by atoms with Gasteiger partial charge in [0.05, 0.1) is 6.61 Å². The molecule has 0 radical (unpaired) electrons.